The summed E-state index contributed by atoms with van der Waals surface area (Å²) in [5, 5.41) is 20.7. The zero-order valence-corrected chi connectivity index (χ0v) is 18.3. The molecule has 0 bridgehead atoms. The van der Waals surface area contributed by atoms with Crippen molar-refractivity contribution in [2.45, 2.75) is 38.3 Å². The number of ether oxygens (including phenoxy) is 1. The maximum Gasteiger partial charge on any atom is 0.407 e. The van der Waals surface area contributed by atoms with Crippen molar-refractivity contribution in [3.63, 3.8) is 0 Å². The van der Waals surface area contributed by atoms with Crippen molar-refractivity contribution < 1.29 is 29.4 Å². The van der Waals surface area contributed by atoms with Crippen LogP contribution in [0.4, 0.5) is 10.5 Å². The van der Waals surface area contributed by atoms with Crippen LogP contribution in [0.1, 0.15) is 26.2 Å². The van der Waals surface area contributed by atoms with E-state index in [2.05, 4.69) is 10.2 Å². The molecule has 1 aliphatic carbocycles. The molecule has 0 spiro atoms. The van der Waals surface area contributed by atoms with E-state index >= 15 is 0 Å². The Labute approximate surface area is 187 Å². The molecular weight excluding hydrogens is 416 g/mol. The highest BCUT2D eigenvalue weighted by atomic mass is 16.6. The van der Waals surface area contributed by atoms with Crippen molar-refractivity contribution in [1.29, 1.82) is 0 Å². The van der Waals surface area contributed by atoms with Crippen LogP contribution < -0.4 is 15.7 Å². The number of hydrogen-bond donors (Lipinski definition) is 4. The Bertz CT molecular complexity index is 784. The first kappa shape index (κ1) is 23.8. The maximum absolute atomic E-state index is 13.2. The molecule has 0 aromatic heterocycles. The van der Waals surface area contributed by atoms with E-state index < -0.39 is 36.0 Å². The molecule has 1 aliphatic heterocycles. The quantitative estimate of drug-likeness (QED) is 0.373. The number of nitrogens with zero attached hydrogens (tertiary/aromatic N) is 2. The van der Waals surface area contributed by atoms with Crippen molar-refractivity contribution >= 4 is 23.6 Å². The van der Waals surface area contributed by atoms with Gasteiger partial charge >= 0.3 is 6.09 Å². The minimum atomic E-state index is -0.790. The Morgan fingerprint density at radius 1 is 1.09 bits per heavy atom. The fraction of sp³-hybridized carbons (Fsp3) is 0.591. The van der Waals surface area contributed by atoms with Gasteiger partial charge in [0.05, 0.1) is 24.5 Å². The molecule has 0 unspecified atom stereocenters. The second-order valence-corrected chi connectivity index (χ2v) is 8.41. The van der Waals surface area contributed by atoms with E-state index in [1.165, 1.54) is 0 Å². The predicted molar refractivity (Wildman–Crippen MR) is 116 cm³/mol. The third-order valence-corrected chi connectivity index (χ3v) is 6.19. The number of alkyl carbamates (subject to hydrolysis) is 1. The number of nitrogens with one attached hydrogen (secondary N) is 2. The summed E-state index contributed by atoms with van der Waals surface area (Å²) in [6.07, 6.45) is -0.267. The van der Waals surface area contributed by atoms with Crippen LogP contribution in [0.15, 0.2) is 30.3 Å². The lowest BCUT2D eigenvalue weighted by molar-refractivity contribution is -0.149. The summed E-state index contributed by atoms with van der Waals surface area (Å²) in [5.41, 5.74) is 2.77. The smallest absolute Gasteiger partial charge is 0.407 e. The van der Waals surface area contributed by atoms with E-state index in [9.17, 15) is 19.6 Å². The van der Waals surface area contributed by atoms with Crippen LogP contribution in [-0.2, 0) is 14.3 Å². The molecule has 1 heterocycles. The molecule has 176 valence electrons. The molecule has 10 nitrogen and oxygen atoms in total. The van der Waals surface area contributed by atoms with Crippen LogP contribution in [0, 0.1) is 11.8 Å². The fourth-order valence-electron chi connectivity index (χ4n) is 4.40. The van der Waals surface area contributed by atoms with E-state index in [4.69, 9.17) is 9.84 Å². The number of amides is 3. The molecule has 3 rings (SSSR count). The van der Waals surface area contributed by atoms with Crippen molar-refractivity contribution in [2.24, 2.45) is 11.8 Å². The zero-order chi connectivity index (χ0) is 23.1. The Morgan fingerprint density at radius 3 is 2.41 bits per heavy atom. The topological polar surface area (TPSA) is 131 Å². The molecule has 2 aliphatic rings. The van der Waals surface area contributed by atoms with Gasteiger partial charge in [-0.1, -0.05) is 18.2 Å². The Morgan fingerprint density at radius 2 is 1.78 bits per heavy atom. The second-order valence-electron chi connectivity index (χ2n) is 8.41. The lowest BCUT2D eigenvalue weighted by Crippen LogP contribution is -2.53. The van der Waals surface area contributed by atoms with E-state index in [0.29, 0.717) is 39.0 Å². The van der Waals surface area contributed by atoms with Crippen molar-refractivity contribution in [2.75, 3.05) is 37.7 Å². The maximum atomic E-state index is 13.2. The molecule has 0 radical (unpaired) electrons. The van der Waals surface area contributed by atoms with Gasteiger partial charge in [-0.15, -0.1) is 0 Å². The Kier molecular flexibility index (Phi) is 8.29. The summed E-state index contributed by atoms with van der Waals surface area (Å²) in [6, 6.07) is 9.56. The molecule has 1 aromatic carbocycles. The number of hydrogen-bond acceptors (Lipinski definition) is 7. The normalized spacial score (nSPS) is 24.4. The zero-order valence-electron chi connectivity index (χ0n) is 18.3. The molecule has 32 heavy (non-hydrogen) atoms. The van der Waals surface area contributed by atoms with E-state index in [0.717, 1.165) is 5.69 Å². The highest BCUT2D eigenvalue weighted by Gasteiger charge is 2.42. The standard InChI is InChI=1S/C22H32N4O6/c1-15(14-27)23-22(30)32-17-7-8-18(19(13-17)20(28)24-31)21(29)26-11-9-25(10-12-26)16-5-3-2-4-6-16/h2-6,15,17-19,27,31H,7-14H2,1H3,(H,23,30)(H,24,28)/t15-,17-,18+,19+/m1/s1. The molecule has 1 saturated carbocycles. The summed E-state index contributed by atoms with van der Waals surface area (Å²) in [4.78, 5) is 41.5. The lowest BCUT2D eigenvalue weighted by Gasteiger charge is -2.40. The van der Waals surface area contributed by atoms with Gasteiger partial charge in [-0.3, -0.25) is 14.8 Å². The largest absolute Gasteiger partial charge is 0.446 e. The first-order valence-electron chi connectivity index (χ1n) is 11.0. The van der Waals surface area contributed by atoms with Gasteiger partial charge in [-0.2, -0.15) is 0 Å². The van der Waals surface area contributed by atoms with Gasteiger partial charge in [0, 0.05) is 31.9 Å². The van der Waals surface area contributed by atoms with E-state index in [1.54, 1.807) is 17.3 Å². The number of piperazine rings is 1. The number of para-hydroxylation sites is 1. The third kappa shape index (κ3) is 5.89. The Balaban J connectivity index is 1.58. The number of carbonyl (C=O) groups is 3. The number of carbonyl (C=O) groups excluding carboxylic acids is 3. The highest BCUT2D eigenvalue weighted by molar-refractivity contribution is 5.87. The average molecular weight is 449 g/mol. The van der Waals surface area contributed by atoms with E-state index in [-0.39, 0.29) is 18.9 Å². The second kappa shape index (κ2) is 11.1. The first-order chi connectivity index (χ1) is 15.4. The summed E-state index contributed by atoms with van der Waals surface area (Å²) < 4.78 is 5.37. The van der Waals surface area contributed by atoms with E-state index in [1.807, 2.05) is 30.3 Å². The molecule has 4 atom stereocenters. The molecule has 3 amide bonds. The number of aliphatic hydroxyl groups excluding tert-OH is 1. The van der Waals surface area contributed by atoms with Gasteiger partial charge in [0.15, 0.2) is 0 Å². The van der Waals surface area contributed by atoms with Crippen molar-refractivity contribution in [1.82, 2.24) is 15.7 Å². The van der Waals surface area contributed by atoms with Crippen LogP contribution >= 0.6 is 0 Å². The number of rotatable bonds is 6. The van der Waals surface area contributed by atoms with Gasteiger partial charge < -0.3 is 25.0 Å². The first-order valence-corrected chi connectivity index (χ1v) is 11.0. The van der Waals surface area contributed by atoms with Crippen molar-refractivity contribution in [3.8, 4) is 0 Å². The van der Waals surface area contributed by atoms with Gasteiger partial charge in [0.1, 0.15) is 6.10 Å². The average Bonchev–Trinajstić information content (AvgIpc) is 2.83. The monoisotopic (exact) mass is 448 g/mol. The number of benzene rings is 1. The predicted octanol–water partition coefficient (Wildman–Crippen LogP) is 0.733. The number of anilines is 1. The molecule has 1 aromatic rings. The third-order valence-electron chi connectivity index (χ3n) is 6.19. The lowest BCUT2D eigenvalue weighted by atomic mass is 9.76. The summed E-state index contributed by atoms with van der Waals surface area (Å²) >= 11 is 0. The van der Waals surface area contributed by atoms with Gasteiger partial charge in [-0.05, 0) is 38.3 Å². The van der Waals surface area contributed by atoms with Gasteiger partial charge in [-0.25, -0.2) is 10.3 Å². The van der Waals surface area contributed by atoms with Crippen LogP contribution in [0.2, 0.25) is 0 Å². The summed E-state index contributed by atoms with van der Waals surface area (Å²) in [5.74, 6) is -2.13. The van der Waals surface area contributed by atoms with Crippen LogP contribution in [0.25, 0.3) is 0 Å². The molecule has 2 fully saturated rings. The van der Waals surface area contributed by atoms with Crippen LogP contribution in [-0.4, -0.2) is 78.1 Å². The van der Waals surface area contributed by atoms with Crippen LogP contribution in [0.5, 0.6) is 0 Å². The minimum absolute atomic E-state index is 0.108. The molecular formula is C22H32N4O6. The Hall–Kier alpha value is -2.85. The minimum Gasteiger partial charge on any atom is -0.446 e. The molecule has 4 N–H and O–H groups in total. The summed E-state index contributed by atoms with van der Waals surface area (Å²) in [7, 11) is 0. The van der Waals surface area contributed by atoms with Crippen molar-refractivity contribution in [3.05, 3.63) is 30.3 Å². The van der Waals surface area contributed by atoms with Crippen LogP contribution in [0.3, 0.4) is 0 Å². The van der Waals surface area contributed by atoms with Gasteiger partial charge in [0.25, 0.3) is 0 Å². The SMILES string of the molecule is C[C@H](CO)NC(=O)O[C@@H]1CC[C@H](C(=O)N2CCN(c3ccccc3)CC2)[C@@H](C(=O)NO)C1. The fourth-order valence-corrected chi connectivity index (χ4v) is 4.40. The number of aliphatic hydroxyl groups is 1. The molecule has 10 heteroatoms. The molecule has 1 saturated heterocycles. The van der Waals surface area contributed by atoms with Gasteiger partial charge in [0.2, 0.25) is 11.8 Å². The summed E-state index contributed by atoms with van der Waals surface area (Å²) in [6.45, 7) is 3.93. The highest BCUT2D eigenvalue weighted by Crippen LogP contribution is 2.34. The number of hydroxylamine groups is 1.